The lowest BCUT2D eigenvalue weighted by Crippen LogP contribution is -1.99. The quantitative estimate of drug-likeness (QED) is 0.609. The molecule has 4 aromatic rings. The van der Waals surface area contributed by atoms with E-state index >= 15 is 0 Å². The van der Waals surface area contributed by atoms with E-state index in [-0.39, 0.29) is 0 Å². The lowest BCUT2D eigenvalue weighted by molar-refractivity contribution is 1.20. The highest BCUT2D eigenvalue weighted by Gasteiger charge is 2.10. The fourth-order valence-corrected chi connectivity index (χ4v) is 2.77. The van der Waals surface area contributed by atoms with E-state index in [2.05, 4.69) is 50.6 Å². The second-order valence-electron chi connectivity index (χ2n) is 5.49. The van der Waals surface area contributed by atoms with Crippen LogP contribution in [0.15, 0.2) is 73.1 Å². The number of nitrogens with zero attached hydrogens (tertiary/aromatic N) is 3. The molecular weight excluding hydrogens is 296 g/mol. The van der Waals surface area contributed by atoms with Crippen molar-refractivity contribution in [1.29, 1.82) is 0 Å². The Kier molecular flexibility index (Phi) is 3.63. The topological polar surface area (TPSA) is 50.7 Å². The van der Waals surface area contributed by atoms with Crippen molar-refractivity contribution in [2.24, 2.45) is 0 Å². The molecule has 24 heavy (non-hydrogen) atoms. The Morgan fingerprint density at radius 2 is 1.62 bits per heavy atom. The first-order valence-electron chi connectivity index (χ1n) is 7.80. The number of hydrogen-bond acceptors (Lipinski definition) is 4. The summed E-state index contributed by atoms with van der Waals surface area (Å²) in [6, 6.07) is 20.4. The molecule has 0 aliphatic rings. The minimum Gasteiger partial charge on any atom is -0.357 e. The predicted molar refractivity (Wildman–Crippen MR) is 97.8 cm³/mol. The lowest BCUT2D eigenvalue weighted by atomic mass is 10.0. The maximum Gasteiger partial charge on any atom is 0.223 e. The van der Waals surface area contributed by atoms with Crippen LogP contribution in [0.1, 0.15) is 0 Å². The van der Waals surface area contributed by atoms with Crippen LogP contribution in [-0.2, 0) is 0 Å². The van der Waals surface area contributed by atoms with Gasteiger partial charge in [-0.25, -0.2) is 9.97 Å². The Morgan fingerprint density at radius 3 is 2.38 bits per heavy atom. The first-order chi connectivity index (χ1) is 11.8. The zero-order valence-corrected chi connectivity index (χ0v) is 13.3. The van der Waals surface area contributed by atoms with Crippen LogP contribution in [0.5, 0.6) is 0 Å². The average Bonchev–Trinajstić information content (AvgIpc) is 2.68. The van der Waals surface area contributed by atoms with Gasteiger partial charge in [0.05, 0.1) is 11.2 Å². The molecule has 2 aromatic carbocycles. The second-order valence-corrected chi connectivity index (χ2v) is 5.49. The molecule has 1 N–H and O–H groups in total. The lowest BCUT2D eigenvalue weighted by Gasteiger charge is -2.10. The van der Waals surface area contributed by atoms with Crippen LogP contribution in [0.3, 0.4) is 0 Å². The van der Waals surface area contributed by atoms with Crippen molar-refractivity contribution < 1.29 is 0 Å². The molecule has 2 aromatic heterocycles. The molecule has 0 radical (unpaired) electrons. The summed E-state index contributed by atoms with van der Waals surface area (Å²) in [4.78, 5) is 13.5. The van der Waals surface area contributed by atoms with E-state index in [1.165, 1.54) is 0 Å². The van der Waals surface area contributed by atoms with Gasteiger partial charge in [-0.3, -0.25) is 4.98 Å². The molecule has 0 saturated heterocycles. The molecule has 4 rings (SSSR count). The monoisotopic (exact) mass is 312 g/mol. The predicted octanol–water partition coefficient (Wildman–Crippen LogP) is 4.40. The molecule has 0 unspecified atom stereocenters. The van der Waals surface area contributed by atoms with Crippen LogP contribution in [0.25, 0.3) is 33.3 Å². The van der Waals surface area contributed by atoms with E-state index in [4.69, 9.17) is 0 Å². The molecule has 4 nitrogen and oxygen atoms in total. The molecule has 0 bridgehead atoms. The molecule has 0 amide bonds. The smallest absolute Gasteiger partial charge is 0.223 e. The van der Waals surface area contributed by atoms with Crippen LogP contribution in [-0.4, -0.2) is 22.0 Å². The standard InChI is InChI=1S/C20H16N4/c1-21-20-23-18-10-9-15(16-8-5-11-22-13-16)12-17(18)19(24-20)14-6-3-2-4-7-14/h2-13H,1H3,(H,21,23,24). The van der Waals surface area contributed by atoms with Gasteiger partial charge < -0.3 is 5.32 Å². The highest BCUT2D eigenvalue weighted by molar-refractivity contribution is 5.95. The van der Waals surface area contributed by atoms with Crippen molar-refractivity contribution in [2.45, 2.75) is 0 Å². The van der Waals surface area contributed by atoms with Gasteiger partial charge in [0.25, 0.3) is 0 Å². The Balaban J connectivity index is 1.98. The van der Waals surface area contributed by atoms with E-state index in [9.17, 15) is 0 Å². The Labute approximate surface area is 140 Å². The van der Waals surface area contributed by atoms with E-state index in [1.807, 2.05) is 43.6 Å². The van der Waals surface area contributed by atoms with Gasteiger partial charge >= 0.3 is 0 Å². The number of hydrogen-bond donors (Lipinski definition) is 1. The van der Waals surface area contributed by atoms with Gasteiger partial charge in [0, 0.05) is 36.0 Å². The summed E-state index contributed by atoms with van der Waals surface area (Å²) in [5.41, 5.74) is 5.10. The van der Waals surface area contributed by atoms with Gasteiger partial charge in [-0.1, -0.05) is 42.5 Å². The first-order valence-corrected chi connectivity index (χ1v) is 7.80. The molecule has 116 valence electrons. The normalized spacial score (nSPS) is 10.7. The molecule has 0 fully saturated rings. The molecule has 4 heteroatoms. The third kappa shape index (κ3) is 2.58. The van der Waals surface area contributed by atoms with Crippen LogP contribution >= 0.6 is 0 Å². The fourth-order valence-electron chi connectivity index (χ4n) is 2.77. The fraction of sp³-hybridized carbons (Fsp3) is 0.0500. The average molecular weight is 312 g/mol. The SMILES string of the molecule is CNc1nc(-c2ccccc2)c2cc(-c3cccnc3)ccc2n1. The van der Waals surface area contributed by atoms with Crippen LogP contribution in [0.2, 0.25) is 0 Å². The van der Waals surface area contributed by atoms with Crippen molar-refractivity contribution in [1.82, 2.24) is 15.0 Å². The molecule has 2 heterocycles. The summed E-state index contributed by atoms with van der Waals surface area (Å²) in [5.74, 6) is 0.621. The van der Waals surface area contributed by atoms with E-state index in [0.717, 1.165) is 33.3 Å². The van der Waals surface area contributed by atoms with Gasteiger partial charge in [0.1, 0.15) is 0 Å². The van der Waals surface area contributed by atoms with Crippen molar-refractivity contribution in [2.75, 3.05) is 12.4 Å². The number of rotatable bonds is 3. The Hall–Kier alpha value is -3.27. The minimum atomic E-state index is 0.621. The zero-order chi connectivity index (χ0) is 16.4. The first kappa shape index (κ1) is 14.3. The third-order valence-electron chi connectivity index (χ3n) is 3.96. The number of benzene rings is 2. The summed E-state index contributed by atoms with van der Waals surface area (Å²) < 4.78 is 0. The summed E-state index contributed by atoms with van der Waals surface area (Å²) in [6.07, 6.45) is 3.65. The van der Waals surface area contributed by atoms with Crippen LogP contribution in [0, 0.1) is 0 Å². The molecule has 0 saturated carbocycles. The molecule has 0 aliphatic carbocycles. The summed E-state index contributed by atoms with van der Waals surface area (Å²) >= 11 is 0. The number of aromatic nitrogens is 3. The molecular formula is C20H16N4. The van der Waals surface area contributed by atoms with Gasteiger partial charge in [-0.15, -0.1) is 0 Å². The molecule has 0 atom stereocenters. The van der Waals surface area contributed by atoms with Crippen molar-refractivity contribution in [3.8, 4) is 22.4 Å². The zero-order valence-electron chi connectivity index (χ0n) is 13.3. The number of fused-ring (bicyclic) bond motifs is 1. The molecule has 0 aliphatic heterocycles. The van der Waals surface area contributed by atoms with Gasteiger partial charge in [0.15, 0.2) is 0 Å². The number of nitrogens with one attached hydrogen (secondary N) is 1. The van der Waals surface area contributed by atoms with Crippen molar-refractivity contribution in [3.05, 3.63) is 73.1 Å². The van der Waals surface area contributed by atoms with E-state index in [0.29, 0.717) is 5.95 Å². The van der Waals surface area contributed by atoms with Crippen LogP contribution < -0.4 is 5.32 Å². The van der Waals surface area contributed by atoms with Crippen LogP contribution in [0.4, 0.5) is 5.95 Å². The van der Waals surface area contributed by atoms with Gasteiger partial charge in [0.2, 0.25) is 5.95 Å². The van der Waals surface area contributed by atoms with Gasteiger partial charge in [-0.05, 0) is 23.8 Å². The highest BCUT2D eigenvalue weighted by Crippen LogP contribution is 2.30. The maximum atomic E-state index is 4.69. The minimum absolute atomic E-state index is 0.621. The Bertz CT molecular complexity index is 982. The maximum absolute atomic E-state index is 4.69. The second kappa shape index (κ2) is 6.08. The number of anilines is 1. The van der Waals surface area contributed by atoms with E-state index in [1.54, 1.807) is 6.20 Å². The van der Waals surface area contributed by atoms with Crippen molar-refractivity contribution >= 4 is 16.9 Å². The third-order valence-corrected chi connectivity index (χ3v) is 3.96. The summed E-state index contributed by atoms with van der Waals surface area (Å²) in [5, 5.41) is 4.07. The Morgan fingerprint density at radius 1 is 0.792 bits per heavy atom. The highest BCUT2D eigenvalue weighted by atomic mass is 15.1. The van der Waals surface area contributed by atoms with Gasteiger partial charge in [-0.2, -0.15) is 0 Å². The largest absolute Gasteiger partial charge is 0.357 e. The number of pyridine rings is 1. The summed E-state index contributed by atoms with van der Waals surface area (Å²) in [6.45, 7) is 0. The molecule has 0 spiro atoms. The van der Waals surface area contributed by atoms with E-state index < -0.39 is 0 Å². The summed E-state index contributed by atoms with van der Waals surface area (Å²) in [7, 11) is 1.83. The van der Waals surface area contributed by atoms with Crippen molar-refractivity contribution in [3.63, 3.8) is 0 Å².